The topological polar surface area (TPSA) is 12.0 Å². The molecule has 0 heterocycles. The Morgan fingerprint density at radius 1 is 1.05 bits per heavy atom. The van der Waals surface area contributed by atoms with Crippen LogP contribution in [-0.4, -0.2) is 12.3 Å². The lowest BCUT2D eigenvalue weighted by atomic mass is 10.1. The van der Waals surface area contributed by atoms with Crippen LogP contribution in [0.25, 0.3) is 0 Å². The van der Waals surface area contributed by atoms with Crippen LogP contribution in [-0.2, 0) is 0 Å². The molecule has 1 N–H and O–H groups in total. The zero-order valence-corrected chi connectivity index (χ0v) is 13.0. The average molecular weight is 307 g/mol. The SMILES string of the molecule is CCNC(CSc1ccc(C)cc1)c1c(F)cccc1F. The summed E-state index contributed by atoms with van der Waals surface area (Å²) in [6, 6.07) is 11.8. The van der Waals surface area contributed by atoms with Crippen molar-refractivity contribution in [2.45, 2.75) is 24.8 Å². The number of rotatable bonds is 6. The summed E-state index contributed by atoms with van der Waals surface area (Å²) in [6.07, 6.45) is 0. The van der Waals surface area contributed by atoms with Gasteiger partial charge in [0, 0.05) is 22.3 Å². The Morgan fingerprint density at radius 3 is 2.24 bits per heavy atom. The number of benzene rings is 2. The van der Waals surface area contributed by atoms with E-state index in [4.69, 9.17) is 0 Å². The number of thioether (sulfide) groups is 1. The minimum Gasteiger partial charge on any atom is -0.309 e. The Morgan fingerprint density at radius 2 is 1.67 bits per heavy atom. The maximum atomic E-state index is 13.9. The van der Waals surface area contributed by atoms with E-state index in [0.717, 1.165) is 4.90 Å². The Labute approximate surface area is 128 Å². The van der Waals surface area contributed by atoms with Gasteiger partial charge in [-0.25, -0.2) is 8.78 Å². The molecule has 2 aromatic rings. The molecule has 0 bridgehead atoms. The Bertz CT molecular complexity index is 564. The molecule has 112 valence electrons. The van der Waals surface area contributed by atoms with Gasteiger partial charge >= 0.3 is 0 Å². The monoisotopic (exact) mass is 307 g/mol. The van der Waals surface area contributed by atoms with Gasteiger partial charge in [0.05, 0.1) is 0 Å². The molecule has 0 aliphatic carbocycles. The minimum absolute atomic E-state index is 0.124. The normalized spacial score (nSPS) is 12.4. The molecule has 0 aromatic heterocycles. The second-order valence-corrected chi connectivity index (χ2v) is 5.96. The molecule has 2 rings (SSSR count). The van der Waals surface area contributed by atoms with Crippen LogP contribution in [0.1, 0.15) is 24.1 Å². The van der Waals surface area contributed by atoms with E-state index in [9.17, 15) is 8.78 Å². The molecule has 0 radical (unpaired) electrons. The van der Waals surface area contributed by atoms with Crippen molar-refractivity contribution >= 4 is 11.8 Å². The van der Waals surface area contributed by atoms with Gasteiger partial charge in [0.15, 0.2) is 0 Å². The smallest absolute Gasteiger partial charge is 0.130 e. The van der Waals surface area contributed by atoms with E-state index in [1.54, 1.807) is 11.8 Å². The fourth-order valence-electron chi connectivity index (χ4n) is 2.15. The molecule has 21 heavy (non-hydrogen) atoms. The molecule has 0 saturated heterocycles. The van der Waals surface area contributed by atoms with E-state index in [1.165, 1.54) is 23.8 Å². The summed E-state index contributed by atoms with van der Waals surface area (Å²) in [7, 11) is 0. The van der Waals surface area contributed by atoms with Gasteiger partial charge in [-0.05, 0) is 37.7 Å². The van der Waals surface area contributed by atoms with Crippen molar-refractivity contribution in [3.63, 3.8) is 0 Å². The van der Waals surface area contributed by atoms with Crippen molar-refractivity contribution in [3.8, 4) is 0 Å². The minimum atomic E-state index is -0.495. The van der Waals surface area contributed by atoms with Crippen molar-refractivity contribution in [1.29, 1.82) is 0 Å². The molecule has 0 spiro atoms. The van der Waals surface area contributed by atoms with Gasteiger partial charge < -0.3 is 5.32 Å². The van der Waals surface area contributed by atoms with Crippen molar-refractivity contribution in [1.82, 2.24) is 5.32 Å². The van der Waals surface area contributed by atoms with Crippen LogP contribution in [0, 0.1) is 18.6 Å². The highest BCUT2D eigenvalue weighted by Crippen LogP contribution is 2.28. The zero-order valence-electron chi connectivity index (χ0n) is 12.2. The van der Waals surface area contributed by atoms with E-state index < -0.39 is 11.6 Å². The van der Waals surface area contributed by atoms with Gasteiger partial charge in [0.25, 0.3) is 0 Å². The third-order valence-electron chi connectivity index (χ3n) is 3.24. The third kappa shape index (κ3) is 4.29. The lowest BCUT2D eigenvalue weighted by Crippen LogP contribution is -2.25. The Kier molecular flexibility index (Phi) is 5.76. The van der Waals surface area contributed by atoms with E-state index in [1.807, 2.05) is 38.1 Å². The quantitative estimate of drug-likeness (QED) is 0.775. The number of hydrogen-bond donors (Lipinski definition) is 1. The van der Waals surface area contributed by atoms with Crippen molar-refractivity contribution in [2.24, 2.45) is 0 Å². The number of halogens is 2. The van der Waals surface area contributed by atoms with Gasteiger partial charge in [-0.3, -0.25) is 0 Å². The Hall–Kier alpha value is -1.39. The van der Waals surface area contributed by atoms with E-state index in [2.05, 4.69) is 5.32 Å². The summed E-state index contributed by atoms with van der Waals surface area (Å²) in [4.78, 5) is 1.10. The van der Waals surface area contributed by atoms with Crippen molar-refractivity contribution < 1.29 is 8.78 Å². The maximum absolute atomic E-state index is 13.9. The molecule has 4 heteroatoms. The first-order valence-electron chi connectivity index (χ1n) is 6.98. The van der Waals surface area contributed by atoms with Crippen LogP contribution in [0.3, 0.4) is 0 Å². The standard InChI is InChI=1S/C17H19F2NS/c1-3-20-16(17-14(18)5-4-6-15(17)19)11-21-13-9-7-12(2)8-10-13/h4-10,16,20H,3,11H2,1-2H3. The predicted molar refractivity (Wildman–Crippen MR) is 84.7 cm³/mol. The number of aryl methyl sites for hydroxylation is 1. The van der Waals surface area contributed by atoms with E-state index >= 15 is 0 Å². The van der Waals surface area contributed by atoms with Gasteiger partial charge in [0.2, 0.25) is 0 Å². The van der Waals surface area contributed by atoms with Gasteiger partial charge in [-0.1, -0.05) is 30.7 Å². The van der Waals surface area contributed by atoms with Gasteiger partial charge in [0.1, 0.15) is 11.6 Å². The fourth-order valence-corrected chi connectivity index (χ4v) is 3.12. The van der Waals surface area contributed by atoms with Crippen LogP contribution in [0.4, 0.5) is 8.78 Å². The first-order valence-corrected chi connectivity index (χ1v) is 7.97. The molecule has 1 unspecified atom stereocenters. The molecule has 1 atom stereocenters. The van der Waals surface area contributed by atoms with Crippen LogP contribution in [0.2, 0.25) is 0 Å². The second kappa shape index (κ2) is 7.57. The molecule has 0 saturated carbocycles. The summed E-state index contributed by atoms with van der Waals surface area (Å²) in [6.45, 7) is 4.62. The summed E-state index contributed by atoms with van der Waals surface area (Å²) in [5.41, 5.74) is 1.32. The van der Waals surface area contributed by atoms with Crippen LogP contribution >= 0.6 is 11.8 Å². The predicted octanol–water partition coefficient (Wildman–Crippen LogP) is 4.72. The van der Waals surface area contributed by atoms with E-state index in [0.29, 0.717) is 12.3 Å². The number of hydrogen-bond acceptors (Lipinski definition) is 2. The molecule has 2 aromatic carbocycles. The highest BCUT2D eigenvalue weighted by Gasteiger charge is 2.19. The zero-order chi connectivity index (χ0) is 15.2. The van der Waals surface area contributed by atoms with Crippen LogP contribution in [0.15, 0.2) is 47.4 Å². The largest absolute Gasteiger partial charge is 0.309 e. The summed E-state index contributed by atoms with van der Waals surface area (Å²) >= 11 is 1.59. The highest BCUT2D eigenvalue weighted by molar-refractivity contribution is 7.99. The third-order valence-corrected chi connectivity index (χ3v) is 4.34. The highest BCUT2D eigenvalue weighted by atomic mass is 32.2. The molecule has 0 fully saturated rings. The lowest BCUT2D eigenvalue weighted by molar-refractivity contribution is 0.500. The molecule has 1 nitrogen and oxygen atoms in total. The number of nitrogens with one attached hydrogen (secondary N) is 1. The Balaban J connectivity index is 2.14. The maximum Gasteiger partial charge on any atom is 0.130 e. The summed E-state index contributed by atoms with van der Waals surface area (Å²) in [5.74, 6) is -0.412. The lowest BCUT2D eigenvalue weighted by Gasteiger charge is -2.19. The molecule has 0 amide bonds. The fraction of sp³-hybridized carbons (Fsp3) is 0.294. The van der Waals surface area contributed by atoms with Crippen molar-refractivity contribution in [3.05, 3.63) is 65.2 Å². The summed E-state index contributed by atoms with van der Waals surface area (Å²) in [5, 5.41) is 3.16. The van der Waals surface area contributed by atoms with Crippen LogP contribution in [0.5, 0.6) is 0 Å². The van der Waals surface area contributed by atoms with Crippen molar-refractivity contribution in [2.75, 3.05) is 12.3 Å². The molecular formula is C17H19F2NS. The first kappa shape index (κ1) is 16.0. The second-order valence-electron chi connectivity index (χ2n) is 4.87. The summed E-state index contributed by atoms with van der Waals surface area (Å²) < 4.78 is 27.8. The van der Waals surface area contributed by atoms with Gasteiger partial charge in [-0.2, -0.15) is 0 Å². The van der Waals surface area contributed by atoms with Crippen LogP contribution < -0.4 is 5.32 Å². The first-order chi connectivity index (χ1) is 10.1. The average Bonchev–Trinajstić information content (AvgIpc) is 2.46. The van der Waals surface area contributed by atoms with Gasteiger partial charge in [-0.15, -0.1) is 11.8 Å². The molecule has 0 aliphatic rings. The molecular weight excluding hydrogens is 288 g/mol. The molecule has 0 aliphatic heterocycles. The van der Waals surface area contributed by atoms with E-state index in [-0.39, 0.29) is 11.6 Å².